The van der Waals surface area contributed by atoms with E-state index in [1.54, 1.807) is 0 Å². The van der Waals surface area contributed by atoms with Crippen molar-refractivity contribution in [3.63, 3.8) is 0 Å². The van der Waals surface area contributed by atoms with Gasteiger partial charge in [-0.25, -0.2) is 4.98 Å². The van der Waals surface area contributed by atoms with Crippen LogP contribution in [0.15, 0.2) is 30.5 Å². The first-order chi connectivity index (χ1) is 10.2. The molecule has 2 rings (SSSR count). The third kappa shape index (κ3) is 4.07. The predicted octanol–water partition coefficient (Wildman–Crippen LogP) is 4.09. The first-order valence-electron chi connectivity index (χ1n) is 6.99. The second kappa shape index (κ2) is 7.83. The number of rotatable bonds is 8. The number of aromatic nitrogens is 1. The first kappa shape index (κ1) is 15.6. The van der Waals surface area contributed by atoms with E-state index in [1.807, 2.05) is 36.0 Å². The maximum Gasteiger partial charge on any atom is 0.311 e. The number of nitro groups is 1. The second-order valence-electron chi connectivity index (χ2n) is 4.77. The van der Waals surface area contributed by atoms with Crippen LogP contribution in [-0.2, 0) is 0 Å². The minimum absolute atomic E-state index is 0.0396. The molecule has 0 aliphatic rings. The standard InChI is InChI=1S/C15H19N3O2S/c1-21-10-6-2-5-9-16-15-12-7-3-4-8-13(12)17-11-14(15)18(19)20/h3-4,7-8,11H,2,5-6,9-10H2,1H3,(H,16,17). The summed E-state index contributed by atoms with van der Waals surface area (Å²) < 4.78 is 0. The third-order valence-corrected chi connectivity index (χ3v) is 3.98. The summed E-state index contributed by atoms with van der Waals surface area (Å²) in [5, 5.41) is 15.2. The fourth-order valence-electron chi connectivity index (χ4n) is 2.22. The van der Waals surface area contributed by atoms with Gasteiger partial charge < -0.3 is 5.32 Å². The van der Waals surface area contributed by atoms with Crippen molar-refractivity contribution in [2.45, 2.75) is 19.3 Å². The Morgan fingerprint density at radius 3 is 2.86 bits per heavy atom. The average molecular weight is 305 g/mol. The Hall–Kier alpha value is -1.82. The molecule has 0 aliphatic carbocycles. The van der Waals surface area contributed by atoms with Crippen LogP contribution in [0.3, 0.4) is 0 Å². The van der Waals surface area contributed by atoms with Crippen molar-refractivity contribution in [1.29, 1.82) is 0 Å². The molecule has 0 spiro atoms. The van der Waals surface area contributed by atoms with Crippen LogP contribution in [-0.4, -0.2) is 28.5 Å². The van der Waals surface area contributed by atoms with Gasteiger partial charge in [0.1, 0.15) is 11.9 Å². The van der Waals surface area contributed by atoms with Gasteiger partial charge in [-0.05, 0) is 30.9 Å². The number of anilines is 1. The maximum atomic E-state index is 11.2. The molecule has 0 fully saturated rings. The molecule has 1 N–H and O–H groups in total. The molecule has 21 heavy (non-hydrogen) atoms. The molecule has 0 radical (unpaired) electrons. The summed E-state index contributed by atoms with van der Waals surface area (Å²) >= 11 is 1.85. The number of para-hydroxylation sites is 1. The molecule has 0 atom stereocenters. The number of nitrogens with one attached hydrogen (secondary N) is 1. The highest BCUT2D eigenvalue weighted by Crippen LogP contribution is 2.31. The Balaban J connectivity index is 2.12. The molecule has 0 bridgehead atoms. The summed E-state index contributed by atoms with van der Waals surface area (Å²) in [5.74, 6) is 1.17. The van der Waals surface area contributed by atoms with E-state index in [1.165, 1.54) is 18.4 Å². The Morgan fingerprint density at radius 2 is 2.10 bits per heavy atom. The highest BCUT2D eigenvalue weighted by molar-refractivity contribution is 7.98. The number of thioether (sulfide) groups is 1. The topological polar surface area (TPSA) is 68.1 Å². The molecule has 2 aromatic rings. The molecule has 0 aliphatic heterocycles. The van der Waals surface area contributed by atoms with Gasteiger partial charge in [-0.1, -0.05) is 24.6 Å². The summed E-state index contributed by atoms with van der Waals surface area (Å²) in [4.78, 5) is 14.9. The Morgan fingerprint density at radius 1 is 1.29 bits per heavy atom. The van der Waals surface area contributed by atoms with Crippen LogP contribution in [0.25, 0.3) is 10.9 Å². The lowest BCUT2D eigenvalue weighted by Crippen LogP contribution is -2.05. The van der Waals surface area contributed by atoms with Gasteiger partial charge in [-0.15, -0.1) is 0 Å². The van der Waals surface area contributed by atoms with Crippen molar-refractivity contribution >= 4 is 34.0 Å². The van der Waals surface area contributed by atoms with Gasteiger partial charge in [-0.2, -0.15) is 11.8 Å². The maximum absolute atomic E-state index is 11.2. The lowest BCUT2D eigenvalue weighted by Gasteiger charge is -2.09. The summed E-state index contributed by atoms with van der Waals surface area (Å²) in [6.07, 6.45) is 6.75. The van der Waals surface area contributed by atoms with E-state index < -0.39 is 0 Å². The fourth-order valence-corrected chi connectivity index (χ4v) is 2.71. The predicted molar refractivity (Wildman–Crippen MR) is 89.1 cm³/mol. The molecule has 0 amide bonds. The van der Waals surface area contributed by atoms with Crippen LogP contribution in [0.1, 0.15) is 19.3 Å². The average Bonchev–Trinajstić information content (AvgIpc) is 2.50. The molecule has 1 aromatic heterocycles. The smallest absolute Gasteiger partial charge is 0.311 e. The van der Waals surface area contributed by atoms with Gasteiger partial charge in [0.25, 0.3) is 0 Å². The third-order valence-electron chi connectivity index (χ3n) is 3.28. The van der Waals surface area contributed by atoms with Crippen molar-refractivity contribution < 1.29 is 4.92 Å². The zero-order valence-electron chi connectivity index (χ0n) is 12.0. The van der Waals surface area contributed by atoms with Crippen molar-refractivity contribution in [1.82, 2.24) is 4.98 Å². The van der Waals surface area contributed by atoms with Crippen LogP contribution in [0.5, 0.6) is 0 Å². The van der Waals surface area contributed by atoms with Crippen LogP contribution >= 0.6 is 11.8 Å². The lowest BCUT2D eigenvalue weighted by atomic mass is 10.1. The van der Waals surface area contributed by atoms with E-state index in [4.69, 9.17) is 0 Å². The van der Waals surface area contributed by atoms with Gasteiger partial charge in [-0.3, -0.25) is 10.1 Å². The van der Waals surface area contributed by atoms with Crippen LogP contribution in [0.2, 0.25) is 0 Å². The number of hydrogen-bond donors (Lipinski definition) is 1. The largest absolute Gasteiger partial charge is 0.379 e. The van der Waals surface area contributed by atoms with E-state index in [0.717, 1.165) is 30.3 Å². The molecule has 0 unspecified atom stereocenters. The number of nitrogens with zero attached hydrogens (tertiary/aromatic N) is 2. The second-order valence-corrected chi connectivity index (χ2v) is 5.76. The molecular weight excluding hydrogens is 286 g/mol. The molecule has 6 heteroatoms. The van der Waals surface area contributed by atoms with E-state index in [9.17, 15) is 10.1 Å². The number of pyridine rings is 1. The number of hydrogen-bond acceptors (Lipinski definition) is 5. The minimum Gasteiger partial charge on any atom is -0.379 e. The molecular formula is C15H19N3O2S. The van der Waals surface area contributed by atoms with Crippen LogP contribution in [0, 0.1) is 10.1 Å². The molecule has 5 nitrogen and oxygen atoms in total. The zero-order chi connectivity index (χ0) is 15.1. The molecule has 112 valence electrons. The van der Waals surface area contributed by atoms with Gasteiger partial charge in [0.2, 0.25) is 0 Å². The first-order valence-corrected chi connectivity index (χ1v) is 8.38. The Kier molecular flexibility index (Phi) is 5.80. The molecule has 1 heterocycles. The highest BCUT2D eigenvalue weighted by atomic mass is 32.2. The van der Waals surface area contributed by atoms with Gasteiger partial charge >= 0.3 is 5.69 Å². The van der Waals surface area contributed by atoms with Crippen molar-refractivity contribution in [2.24, 2.45) is 0 Å². The monoisotopic (exact) mass is 305 g/mol. The van der Waals surface area contributed by atoms with Gasteiger partial charge in [0.05, 0.1) is 10.4 Å². The number of benzene rings is 1. The minimum atomic E-state index is -0.379. The molecule has 0 saturated carbocycles. The van der Waals surface area contributed by atoms with Crippen molar-refractivity contribution in [3.05, 3.63) is 40.6 Å². The summed E-state index contributed by atoms with van der Waals surface area (Å²) in [6.45, 7) is 0.739. The summed E-state index contributed by atoms with van der Waals surface area (Å²) in [6, 6.07) is 7.48. The van der Waals surface area contributed by atoms with Crippen LogP contribution in [0.4, 0.5) is 11.4 Å². The SMILES string of the molecule is CSCCCCCNc1c([N+](=O)[O-])cnc2ccccc12. The Labute approximate surface area is 128 Å². The summed E-state index contributed by atoms with van der Waals surface area (Å²) in [7, 11) is 0. The number of fused-ring (bicyclic) bond motifs is 1. The lowest BCUT2D eigenvalue weighted by molar-refractivity contribution is -0.384. The van der Waals surface area contributed by atoms with Crippen molar-refractivity contribution in [2.75, 3.05) is 23.9 Å². The highest BCUT2D eigenvalue weighted by Gasteiger charge is 2.17. The normalized spacial score (nSPS) is 10.7. The summed E-state index contributed by atoms with van der Waals surface area (Å²) in [5.41, 5.74) is 1.39. The van der Waals surface area contributed by atoms with E-state index in [-0.39, 0.29) is 10.6 Å². The zero-order valence-corrected chi connectivity index (χ0v) is 12.9. The van der Waals surface area contributed by atoms with Crippen molar-refractivity contribution in [3.8, 4) is 0 Å². The van der Waals surface area contributed by atoms with Gasteiger partial charge in [0, 0.05) is 11.9 Å². The van der Waals surface area contributed by atoms with Crippen LogP contribution < -0.4 is 5.32 Å². The number of unbranched alkanes of at least 4 members (excludes halogenated alkanes) is 2. The molecule has 1 aromatic carbocycles. The fraction of sp³-hybridized carbons (Fsp3) is 0.400. The van der Waals surface area contributed by atoms with E-state index in [2.05, 4.69) is 16.6 Å². The van der Waals surface area contributed by atoms with Gasteiger partial charge in [0.15, 0.2) is 0 Å². The molecule has 0 saturated heterocycles. The quantitative estimate of drug-likeness (QED) is 0.452. The van der Waals surface area contributed by atoms with E-state index >= 15 is 0 Å². The van der Waals surface area contributed by atoms with E-state index in [0.29, 0.717) is 5.69 Å². The Bertz CT molecular complexity index is 619.